The topological polar surface area (TPSA) is 61.5 Å². The highest BCUT2D eigenvalue weighted by molar-refractivity contribution is 4.72. The van der Waals surface area contributed by atoms with Crippen molar-refractivity contribution in [2.75, 3.05) is 26.2 Å². The van der Waals surface area contributed by atoms with Crippen LogP contribution in [0.25, 0.3) is 0 Å². The van der Waals surface area contributed by atoms with Crippen molar-refractivity contribution < 1.29 is 5.11 Å². The summed E-state index contributed by atoms with van der Waals surface area (Å²) in [7, 11) is 0. The van der Waals surface area contributed by atoms with Gasteiger partial charge in [-0.15, -0.1) is 0 Å². The van der Waals surface area contributed by atoms with Crippen LogP contribution in [0.15, 0.2) is 0 Å². The fourth-order valence-corrected chi connectivity index (χ4v) is 2.41. The summed E-state index contributed by atoms with van der Waals surface area (Å²) in [5.74, 6) is 0. The fourth-order valence-electron chi connectivity index (χ4n) is 2.41. The highest BCUT2D eigenvalue weighted by Gasteiger charge is 2.15. The molecule has 1 fully saturated rings. The van der Waals surface area contributed by atoms with E-state index in [-0.39, 0.29) is 6.23 Å². The third-order valence-electron chi connectivity index (χ3n) is 3.83. The lowest BCUT2D eigenvalue weighted by Crippen LogP contribution is -2.40. The minimum Gasteiger partial charge on any atom is -0.379 e. The van der Waals surface area contributed by atoms with Crippen LogP contribution < -0.4 is 11.1 Å². The molecule has 4 nitrogen and oxygen atoms in total. The number of hydrogen-bond acceptors (Lipinski definition) is 4. The van der Waals surface area contributed by atoms with Crippen LogP contribution in [-0.2, 0) is 0 Å². The van der Waals surface area contributed by atoms with Crippen molar-refractivity contribution >= 4 is 0 Å². The van der Waals surface area contributed by atoms with Crippen LogP contribution in [0, 0.1) is 0 Å². The molecule has 0 saturated carbocycles. The Hall–Kier alpha value is -0.160. The summed E-state index contributed by atoms with van der Waals surface area (Å²) in [6.07, 6.45) is 7.34. The SMILES string of the molecule is CCC(CCCN1CCC1)NC(O)CCCCN. The molecule has 1 aliphatic heterocycles. The molecule has 1 heterocycles. The normalized spacial score (nSPS) is 19.5. The molecule has 0 bridgehead atoms. The van der Waals surface area contributed by atoms with E-state index in [1.807, 2.05) is 0 Å². The lowest BCUT2D eigenvalue weighted by Gasteiger charge is -2.31. The zero-order chi connectivity index (χ0) is 13.2. The van der Waals surface area contributed by atoms with Crippen LogP contribution >= 0.6 is 0 Å². The van der Waals surface area contributed by atoms with E-state index in [1.165, 1.54) is 38.9 Å². The fraction of sp³-hybridized carbons (Fsp3) is 1.00. The van der Waals surface area contributed by atoms with Gasteiger partial charge in [0.15, 0.2) is 0 Å². The molecule has 2 unspecified atom stereocenters. The largest absolute Gasteiger partial charge is 0.379 e. The van der Waals surface area contributed by atoms with Crippen molar-refractivity contribution in [3.63, 3.8) is 0 Å². The zero-order valence-corrected chi connectivity index (χ0v) is 11.9. The van der Waals surface area contributed by atoms with Gasteiger partial charge in [-0.3, -0.25) is 5.32 Å². The number of unbranched alkanes of at least 4 members (excludes halogenated alkanes) is 1. The smallest absolute Gasteiger partial charge is 0.105 e. The van der Waals surface area contributed by atoms with Crippen molar-refractivity contribution in [3.8, 4) is 0 Å². The van der Waals surface area contributed by atoms with Gasteiger partial charge in [0, 0.05) is 6.04 Å². The van der Waals surface area contributed by atoms with Crippen LogP contribution in [0.1, 0.15) is 51.9 Å². The average molecular weight is 257 g/mol. The van der Waals surface area contributed by atoms with Crippen molar-refractivity contribution in [2.45, 2.75) is 64.1 Å². The number of nitrogens with one attached hydrogen (secondary N) is 1. The first kappa shape index (κ1) is 15.9. The highest BCUT2D eigenvalue weighted by Crippen LogP contribution is 2.10. The maximum Gasteiger partial charge on any atom is 0.105 e. The van der Waals surface area contributed by atoms with Gasteiger partial charge in [0.25, 0.3) is 0 Å². The lowest BCUT2D eigenvalue weighted by molar-refractivity contribution is 0.105. The third-order valence-corrected chi connectivity index (χ3v) is 3.83. The summed E-state index contributed by atoms with van der Waals surface area (Å²) in [5.41, 5.74) is 5.45. The average Bonchev–Trinajstić information content (AvgIpc) is 2.31. The van der Waals surface area contributed by atoms with Crippen LogP contribution in [0.2, 0.25) is 0 Å². The maximum atomic E-state index is 9.88. The first-order valence-corrected chi connectivity index (χ1v) is 7.62. The van der Waals surface area contributed by atoms with E-state index >= 15 is 0 Å². The van der Waals surface area contributed by atoms with Crippen molar-refractivity contribution in [1.29, 1.82) is 0 Å². The van der Waals surface area contributed by atoms with Gasteiger partial charge in [0.2, 0.25) is 0 Å². The molecule has 2 atom stereocenters. The van der Waals surface area contributed by atoms with E-state index in [4.69, 9.17) is 5.73 Å². The molecular formula is C14H31N3O. The molecule has 108 valence electrons. The van der Waals surface area contributed by atoms with Crippen LogP contribution in [-0.4, -0.2) is 48.5 Å². The van der Waals surface area contributed by atoms with Crippen LogP contribution in [0.4, 0.5) is 0 Å². The Morgan fingerprint density at radius 1 is 1.22 bits per heavy atom. The Balaban J connectivity index is 2.03. The van der Waals surface area contributed by atoms with E-state index in [0.717, 1.165) is 32.2 Å². The molecule has 0 aromatic carbocycles. The zero-order valence-electron chi connectivity index (χ0n) is 11.9. The number of aliphatic hydroxyl groups is 1. The second-order valence-electron chi connectivity index (χ2n) is 5.41. The van der Waals surface area contributed by atoms with Crippen LogP contribution in [0.3, 0.4) is 0 Å². The highest BCUT2D eigenvalue weighted by atomic mass is 16.3. The van der Waals surface area contributed by atoms with E-state index in [9.17, 15) is 5.11 Å². The standard InChI is InChI=1S/C14H31N3O/c1-2-13(7-5-10-17-11-6-12-17)16-14(18)8-3-4-9-15/h13-14,16,18H,2-12,15H2,1H3. The van der Waals surface area contributed by atoms with Crippen molar-refractivity contribution in [1.82, 2.24) is 10.2 Å². The van der Waals surface area contributed by atoms with E-state index in [1.54, 1.807) is 0 Å². The van der Waals surface area contributed by atoms with Crippen molar-refractivity contribution in [3.05, 3.63) is 0 Å². The molecule has 0 amide bonds. The molecule has 18 heavy (non-hydrogen) atoms. The van der Waals surface area contributed by atoms with Gasteiger partial charge >= 0.3 is 0 Å². The lowest BCUT2D eigenvalue weighted by atomic mass is 10.1. The molecule has 0 aromatic rings. The van der Waals surface area contributed by atoms with E-state index < -0.39 is 0 Å². The summed E-state index contributed by atoms with van der Waals surface area (Å²) < 4.78 is 0. The maximum absolute atomic E-state index is 9.88. The molecule has 4 N–H and O–H groups in total. The van der Waals surface area contributed by atoms with Gasteiger partial charge in [0.1, 0.15) is 6.23 Å². The van der Waals surface area contributed by atoms with Gasteiger partial charge in [-0.2, -0.15) is 0 Å². The van der Waals surface area contributed by atoms with Gasteiger partial charge in [-0.25, -0.2) is 0 Å². The molecule has 4 heteroatoms. The Morgan fingerprint density at radius 2 is 2.00 bits per heavy atom. The molecular weight excluding hydrogens is 226 g/mol. The summed E-state index contributed by atoms with van der Waals surface area (Å²) in [6.45, 7) is 6.70. The van der Waals surface area contributed by atoms with Gasteiger partial charge in [0.05, 0.1) is 0 Å². The minimum atomic E-state index is -0.356. The van der Waals surface area contributed by atoms with Crippen molar-refractivity contribution in [2.24, 2.45) is 5.73 Å². The summed E-state index contributed by atoms with van der Waals surface area (Å²) in [4.78, 5) is 2.50. The Morgan fingerprint density at radius 3 is 2.56 bits per heavy atom. The second-order valence-corrected chi connectivity index (χ2v) is 5.41. The first-order valence-electron chi connectivity index (χ1n) is 7.62. The summed E-state index contributed by atoms with van der Waals surface area (Å²) >= 11 is 0. The number of likely N-dealkylation sites (tertiary alicyclic amines) is 1. The number of rotatable bonds is 11. The van der Waals surface area contributed by atoms with E-state index in [2.05, 4.69) is 17.1 Å². The molecule has 1 aliphatic rings. The third kappa shape index (κ3) is 6.69. The summed E-state index contributed by atoms with van der Waals surface area (Å²) in [5, 5.41) is 13.2. The number of aliphatic hydroxyl groups excluding tert-OH is 1. The Kier molecular flexibility index (Phi) is 8.59. The molecule has 1 rings (SSSR count). The Labute approximate surface area is 112 Å². The molecule has 1 saturated heterocycles. The molecule has 0 aromatic heterocycles. The first-order chi connectivity index (χ1) is 8.76. The van der Waals surface area contributed by atoms with Crippen LogP contribution in [0.5, 0.6) is 0 Å². The van der Waals surface area contributed by atoms with Gasteiger partial charge in [-0.1, -0.05) is 6.92 Å². The Bertz CT molecular complexity index is 197. The second kappa shape index (κ2) is 9.73. The molecule has 0 spiro atoms. The number of nitrogens with zero attached hydrogens (tertiary/aromatic N) is 1. The molecule has 0 aliphatic carbocycles. The minimum absolute atomic E-state index is 0.356. The van der Waals surface area contributed by atoms with E-state index in [0.29, 0.717) is 6.04 Å². The number of nitrogens with two attached hydrogens (primary N) is 1. The van der Waals surface area contributed by atoms with Gasteiger partial charge in [-0.05, 0) is 71.1 Å². The predicted octanol–water partition coefficient (Wildman–Crippen LogP) is 1.29. The number of hydrogen-bond donors (Lipinski definition) is 3. The quantitative estimate of drug-likeness (QED) is 0.385. The summed E-state index contributed by atoms with van der Waals surface area (Å²) in [6, 6.07) is 0.458. The molecule has 0 radical (unpaired) electrons. The predicted molar refractivity (Wildman–Crippen MR) is 76.4 cm³/mol. The van der Waals surface area contributed by atoms with Gasteiger partial charge < -0.3 is 15.7 Å². The monoisotopic (exact) mass is 257 g/mol.